The molecule has 32 heavy (non-hydrogen) atoms. The SMILES string of the molecule is Cc1ccc2c(N)c(C(=O)N[C@@H]3CCc4nc(N5C[C@@H](CF)[C@@H](N)C5)ncc4C3)sc2n1. The summed E-state index contributed by atoms with van der Waals surface area (Å²) < 4.78 is 13.1. The van der Waals surface area contributed by atoms with Crippen LogP contribution in [-0.2, 0) is 12.8 Å². The number of thiophene rings is 1. The maximum Gasteiger partial charge on any atom is 0.263 e. The summed E-state index contributed by atoms with van der Waals surface area (Å²) in [6.07, 6.45) is 4.01. The van der Waals surface area contributed by atoms with Crippen LogP contribution in [-0.4, -0.2) is 52.7 Å². The summed E-state index contributed by atoms with van der Waals surface area (Å²) >= 11 is 1.32. The van der Waals surface area contributed by atoms with Gasteiger partial charge >= 0.3 is 0 Å². The average Bonchev–Trinajstić information content (AvgIpc) is 3.32. The summed E-state index contributed by atoms with van der Waals surface area (Å²) in [6.45, 7) is 2.60. The van der Waals surface area contributed by atoms with Crippen LogP contribution in [0, 0.1) is 12.8 Å². The first-order valence-corrected chi connectivity index (χ1v) is 11.6. The summed E-state index contributed by atoms with van der Waals surface area (Å²) in [5.41, 5.74) is 15.6. The van der Waals surface area contributed by atoms with Gasteiger partial charge in [-0.15, -0.1) is 11.3 Å². The predicted octanol–water partition coefficient (Wildman–Crippen LogP) is 2.00. The molecule has 5 rings (SSSR count). The van der Waals surface area contributed by atoms with E-state index in [4.69, 9.17) is 16.5 Å². The Hall–Kier alpha value is -2.85. The van der Waals surface area contributed by atoms with Gasteiger partial charge in [-0.3, -0.25) is 9.18 Å². The number of hydrogen-bond acceptors (Lipinski definition) is 8. The summed E-state index contributed by atoms with van der Waals surface area (Å²) in [4.78, 5) is 29.9. The Morgan fingerprint density at radius 3 is 2.97 bits per heavy atom. The number of pyridine rings is 1. The van der Waals surface area contributed by atoms with Gasteiger partial charge in [0, 0.05) is 54.1 Å². The molecular weight excluding hydrogens is 429 g/mol. The van der Waals surface area contributed by atoms with E-state index in [0.717, 1.165) is 40.0 Å². The smallest absolute Gasteiger partial charge is 0.263 e. The Kier molecular flexibility index (Phi) is 5.42. The zero-order valence-electron chi connectivity index (χ0n) is 17.8. The monoisotopic (exact) mass is 455 g/mol. The third kappa shape index (κ3) is 3.77. The van der Waals surface area contributed by atoms with E-state index in [1.54, 1.807) is 0 Å². The molecule has 3 aromatic rings. The van der Waals surface area contributed by atoms with Crippen molar-refractivity contribution in [1.82, 2.24) is 20.3 Å². The maximum atomic E-state index is 13.1. The summed E-state index contributed by atoms with van der Waals surface area (Å²) in [5.74, 6) is 0.269. The van der Waals surface area contributed by atoms with E-state index < -0.39 is 6.67 Å². The molecule has 168 valence electrons. The first-order valence-electron chi connectivity index (χ1n) is 10.8. The van der Waals surface area contributed by atoms with Crippen LogP contribution in [0.4, 0.5) is 16.0 Å². The van der Waals surface area contributed by atoms with E-state index in [2.05, 4.69) is 15.3 Å². The molecule has 8 nitrogen and oxygen atoms in total. The van der Waals surface area contributed by atoms with E-state index in [1.165, 1.54) is 11.3 Å². The minimum atomic E-state index is -0.427. The molecule has 0 radical (unpaired) electrons. The molecule has 1 saturated heterocycles. The number of nitrogens with zero attached hydrogens (tertiary/aromatic N) is 4. The molecule has 1 aliphatic heterocycles. The number of nitrogens with two attached hydrogens (primary N) is 2. The Bertz CT molecular complexity index is 1180. The van der Waals surface area contributed by atoms with Crippen molar-refractivity contribution in [3.8, 4) is 0 Å². The number of nitrogens with one attached hydrogen (secondary N) is 1. The third-order valence-corrected chi connectivity index (χ3v) is 7.50. The molecule has 1 fully saturated rings. The van der Waals surface area contributed by atoms with Crippen molar-refractivity contribution in [3.63, 3.8) is 0 Å². The number of aryl methyl sites for hydroxylation is 2. The fraction of sp³-hybridized carbons (Fsp3) is 0.455. The Morgan fingerprint density at radius 2 is 2.19 bits per heavy atom. The highest BCUT2D eigenvalue weighted by atomic mass is 32.1. The number of fused-ring (bicyclic) bond motifs is 2. The number of anilines is 2. The molecule has 3 aromatic heterocycles. The molecular formula is C22H26FN7OS. The van der Waals surface area contributed by atoms with Crippen molar-refractivity contribution in [1.29, 1.82) is 0 Å². The number of hydrogen-bond donors (Lipinski definition) is 3. The van der Waals surface area contributed by atoms with Crippen LogP contribution in [0.3, 0.4) is 0 Å². The number of nitrogen functional groups attached to an aromatic ring is 1. The number of carbonyl (C=O) groups excluding carboxylic acids is 1. The van der Waals surface area contributed by atoms with Gasteiger partial charge < -0.3 is 21.7 Å². The number of carbonyl (C=O) groups is 1. The lowest BCUT2D eigenvalue weighted by atomic mass is 9.93. The van der Waals surface area contributed by atoms with Gasteiger partial charge in [-0.1, -0.05) is 0 Å². The number of aromatic nitrogens is 3. The van der Waals surface area contributed by atoms with Gasteiger partial charge in [0.2, 0.25) is 5.95 Å². The van der Waals surface area contributed by atoms with E-state index in [0.29, 0.717) is 36.0 Å². The number of halogens is 1. The number of alkyl halides is 1. The van der Waals surface area contributed by atoms with Gasteiger partial charge in [-0.2, -0.15) is 0 Å². The number of amides is 1. The predicted molar refractivity (Wildman–Crippen MR) is 124 cm³/mol. The zero-order chi connectivity index (χ0) is 22.4. The van der Waals surface area contributed by atoms with E-state index in [9.17, 15) is 9.18 Å². The second-order valence-electron chi connectivity index (χ2n) is 8.69. The van der Waals surface area contributed by atoms with Gasteiger partial charge in [0.1, 0.15) is 9.71 Å². The molecule has 0 unspecified atom stereocenters. The van der Waals surface area contributed by atoms with Crippen LogP contribution < -0.4 is 21.7 Å². The van der Waals surface area contributed by atoms with Gasteiger partial charge in [-0.25, -0.2) is 15.0 Å². The van der Waals surface area contributed by atoms with Crippen molar-refractivity contribution < 1.29 is 9.18 Å². The Morgan fingerprint density at radius 1 is 1.34 bits per heavy atom. The lowest BCUT2D eigenvalue weighted by Gasteiger charge is -2.26. The first kappa shape index (κ1) is 21.0. The van der Waals surface area contributed by atoms with Gasteiger partial charge in [0.25, 0.3) is 5.91 Å². The minimum absolute atomic E-state index is 0.0140. The van der Waals surface area contributed by atoms with Crippen molar-refractivity contribution in [2.24, 2.45) is 11.7 Å². The molecule has 4 heterocycles. The highest BCUT2D eigenvalue weighted by Gasteiger charge is 2.32. The van der Waals surface area contributed by atoms with Crippen LogP contribution >= 0.6 is 11.3 Å². The quantitative estimate of drug-likeness (QED) is 0.550. The van der Waals surface area contributed by atoms with Gasteiger partial charge in [0.15, 0.2) is 0 Å². The average molecular weight is 456 g/mol. The van der Waals surface area contributed by atoms with E-state index in [-0.39, 0.29) is 23.9 Å². The summed E-state index contributed by atoms with van der Waals surface area (Å²) in [5, 5.41) is 3.94. The topological polar surface area (TPSA) is 123 Å². The molecule has 10 heteroatoms. The summed E-state index contributed by atoms with van der Waals surface area (Å²) in [7, 11) is 0. The second kappa shape index (κ2) is 8.25. The van der Waals surface area contributed by atoms with Crippen LogP contribution in [0.2, 0.25) is 0 Å². The highest BCUT2D eigenvalue weighted by Crippen LogP contribution is 2.33. The Labute approximate surface area is 189 Å². The van der Waals surface area contributed by atoms with Gasteiger partial charge in [-0.05, 0) is 43.9 Å². The summed E-state index contributed by atoms with van der Waals surface area (Å²) in [6, 6.07) is 3.60. The highest BCUT2D eigenvalue weighted by molar-refractivity contribution is 7.21. The first-order chi connectivity index (χ1) is 15.4. The van der Waals surface area contributed by atoms with Crippen molar-refractivity contribution in [2.75, 3.05) is 30.4 Å². The van der Waals surface area contributed by atoms with Crippen LogP contribution in [0.5, 0.6) is 0 Å². The van der Waals surface area contributed by atoms with Crippen molar-refractivity contribution in [2.45, 2.75) is 38.3 Å². The molecule has 3 atom stereocenters. The molecule has 2 aliphatic rings. The molecule has 5 N–H and O–H groups in total. The van der Waals surface area contributed by atoms with E-state index in [1.807, 2.05) is 30.2 Å². The second-order valence-corrected chi connectivity index (χ2v) is 9.69. The van der Waals surface area contributed by atoms with Gasteiger partial charge in [0.05, 0.1) is 12.4 Å². The fourth-order valence-electron chi connectivity index (χ4n) is 4.50. The van der Waals surface area contributed by atoms with Crippen LogP contribution in [0.1, 0.15) is 33.0 Å². The number of rotatable bonds is 4. The molecule has 1 aliphatic carbocycles. The lowest BCUT2D eigenvalue weighted by molar-refractivity contribution is 0.0938. The normalized spacial score (nSPS) is 22.8. The standard InChI is InChI=1S/C22H26FN7OS/c1-11-2-4-15-18(25)19(32-21(15)27-11)20(31)28-14-3-5-17-12(6-14)8-26-22(29-17)30-9-13(7-23)16(24)10-30/h2,4,8,13-14,16H,3,5-7,9-10,24-25H2,1H3,(H,28,31)/t13-,14-,16+/m1/s1. The van der Waals surface area contributed by atoms with E-state index >= 15 is 0 Å². The molecule has 1 amide bonds. The molecule has 0 bridgehead atoms. The maximum absolute atomic E-state index is 13.1. The largest absolute Gasteiger partial charge is 0.397 e. The van der Waals surface area contributed by atoms with Crippen molar-refractivity contribution >= 4 is 39.1 Å². The third-order valence-electron chi connectivity index (χ3n) is 6.38. The lowest BCUT2D eigenvalue weighted by Crippen LogP contribution is -2.39. The molecule has 0 aromatic carbocycles. The zero-order valence-corrected chi connectivity index (χ0v) is 18.7. The molecule has 0 saturated carbocycles. The fourth-order valence-corrected chi connectivity index (χ4v) is 5.55. The minimum Gasteiger partial charge on any atom is -0.397 e. The van der Waals surface area contributed by atoms with Crippen LogP contribution in [0.25, 0.3) is 10.2 Å². The van der Waals surface area contributed by atoms with Crippen molar-refractivity contribution in [3.05, 3.63) is 40.2 Å². The Balaban J connectivity index is 1.28. The van der Waals surface area contributed by atoms with Crippen LogP contribution in [0.15, 0.2) is 18.3 Å². The molecule has 0 spiro atoms.